The number of fused-ring (bicyclic) bond motifs is 1. The Kier molecular flexibility index (Phi) is 4.05. The number of aromatic nitrogens is 2. The molecule has 0 saturated carbocycles. The van der Waals surface area contributed by atoms with Crippen molar-refractivity contribution in [1.29, 1.82) is 0 Å². The summed E-state index contributed by atoms with van der Waals surface area (Å²) in [6.45, 7) is 1.68. The second-order valence-electron chi connectivity index (χ2n) is 5.23. The van der Waals surface area contributed by atoms with Gasteiger partial charge in [-0.2, -0.15) is 0 Å². The van der Waals surface area contributed by atoms with Gasteiger partial charge >= 0.3 is 0 Å². The fourth-order valence-corrected chi connectivity index (χ4v) is 3.15. The molecule has 1 N–H and O–H groups in total. The maximum absolute atomic E-state index is 11.9. The van der Waals surface area contributed by atoms with E-state index in [2.05, 4.69) is 32.0 Å². The van der Waals surface area contributed by atoms with Gasteiger partial charge in [0.15, 0.2) is 0 Å². The minimum atomic E-state index is 0.255. The number of benzene rings is 1. The predicted molar refractivity (Wildman–Crippen MR) is 83.1 cm³/mol. The van der Waals surface area contributed by atoms with E-state index in [1.165, 1.54) is 0 Å². The van der Waals surface area contributed by atoms with Crippen molar-refractivity contribution in [2.45, 2.75) is 25.2 Å². The van der Waals surface area contributed by atoms with E-state index in [-0.39, 0.29) is 5.91 Å². The van der Waals surface area contributed by atoms with Gasteiger partial charge in [-0.1, -0.05) is 28.1 Å². The van der Waals surface area contributed by atoms with Gasteiger partial charge in [-0.25, -0.2) is 4.98 Å². The molecular weight excluding hydrogens is 318 g/mol. The maximum Gasteiger partial charge on any atom is 0.223 e. The van der Waals surface area contributed by atoms with Crippen LogP contribution in [-0.4, -0.2) is 39.2 Å². The van der Waals surface area contributed by atoms with Crippen molar-refractivity contribution < 1.29 is 4.79 Å². The van der Waals surface area contributed by atoms with Gasteiger partial charge in [-0.05, 0) is 25.0 Å². The van der Waals surface area contributed by atoms with Crippen LogP contribution in [0.2, 0.25) is 0 Å². The van der Waals surface area contributed by atoms with Gasteiger partial charge in [-0.3, -0.25) is 4.79 Å². The number of hydrogen-bond acceptors (Lipinski definition) is 2. The minimum absolute atomic E-state index is 0.255. The molecule has 0 aliphatic carbocycles. The number of para-hydroxylation sites is 2. The Morgan fingerprint density at radius 3 is 2.80 bits per heavy atom. The van der Waals surface area contributed by atoms with Crippen molar-refractivity contribution in [3.05, 3.63) is 30.1 Å². The zero-order chi connectivity index (χ0) is 13.9. The van der Waals surface area contributed by atoms with Crippen molar-refractivity contribution in [3.63, 3.8) is 0 Å². The number of nitrogens with zero attached hydrogens (tertiary/aromatic N) is 2. The molecule has 0 bridgehead atoms. The Morgan fingerprint density at radius 2 is 2.10 bits per heavy atom. The van der Waals surface area contributed by atoms with E-state index in [0.29, 0.717) is 12.3 Å². The second kappa shape index (κ2) is 5.95. The average Bonchev–Trinajstić information content (AvgIpc) is 2.91. The van der Waals surface area contributed by atoms with Crippen molar-refractivity contribution >= 4 is 32.9 Å². The van der Waals surface area contributed by atoms with Crippen LogP contribution in [0.25, 0.3) is 11.0 Å². The molecule has 4 nitrogen and oxygen atoms in total. The van der Waals surface area contributed by atoms with Gasteiger partial charge in [0.05, 0.1) is 11.0 Å². The molecule has 1 aromatic heterocycles. The average molecular weight is 336 g/mol. The lowest BCUT2D eigenvalue weighted by Gasteiger charge is -2.31. The molecule has 1 aromatic carbocycles. The van der Waals surface area contributed by atoms with Gasteiger partial charge in [0, 0.05) is 30.8 Å². The first kappa shape index (κ1) is 13.6. The summed E-state index contributed by atoms with van der Waals surface area (Å²) >= 11 is 3.32. The summed E-state index contributed by atoms with van der Waals surface area (Å²) < 4.78 is 0. The Bertz CT molecular complexity index is 569. The van der Waals surface area contributed by atoms with Crippen molar-refractivity contribution in [1.82, 2.24) is 14.9 Å². The Balaban J connectivity index is 1.67. The molecule has 0 spiro atoms. The molecule has 1 saturated heterocycles. The molecule has 1 aliphatic heterocycles. The third-order valence-corrected chi connectivity index (χ3v) is 4.35. The number of carbonyl (C=O) groups excluding carboxylic acids is 1. The fourth-order valence-electron chi connectivity index (χ4n) is 2.81. The number of carbonyl (C=O) groups is 1. The molecular formula is C15H18BrN3O. The summed E-state index contributed by atoms with van der Waals surface area (Å²) in [6, 6.07) is 8.12. The highest BCUT2D eigenvalue weighted by Gasteiger charge is 2.25. The summed E-state index contributed by atoms with van der Waals surface area (Å²) in [4.78, 5) is 21.9. The van der Waals surface area contributed by atoms with E-state index in [9.17, 15) is 4.79 Å². The summed E-state index contributed by atoms with van der Waals surface area (Å²) in [6.07, 6.45) is 2.58. The quantitative estimate of drug-likeness (QED) is 0.876. The number of amides is 1. The van der Waals surface area contributed by atoms with E-state index >= 15 is 0 Å². The monoisotopic (exact) mass is 335 g/mol. The number of alkyl halides is 1. The first-order chi connectivity index (χ1) is 9.78. The van der Waals surface area contributed by atoms with E-state index < -0.39 is 0 Å². The molecule has 106 valence electrons. The fraction of sp³-hybridized carbons (Fsp3) is 0.467. The van der Waals surface area contributed by atoms with E-state index in [1.54, 1.807) is 0 Å². The lowest BCUT2D eigenvalue weighted by atomic mass is 9.96. The number of rotatable bonds is 3. The lowest BCUT2D eigenvalue weighted by Crippen LogP contribution is -2.38. The molecule has 0 radical (unpaired) electrons. The Morgan fingerprint density at radius 1 is 1.35 bits per heavy atom. The van der Waals surface area contributed by atoms with Crippen LogP contribution in [0.4, 0.5) is 0 Å². The number of H-pyrrole nitrogens is 1. The second-order valence-corrected chi connectivity index (χ2v) is 6.03. The van der Waals surface area contributed by atoms with Gasteiger partial charge < -0.3 is 9.88 Å². The Labute approximate surface area is 126 Å². The summed E-state index contributed by atoms with van der Waals surface area (Å²) in [5.74, 6) is 1.76. The first-order valence-electron chi connectivity index (χ1n) is 7.06. The maximum atomic E-state index is 11.9. The standard InChI is InChI=1S/C15H18BrN3O/c16-8-5-14(20)19-9-6-11(7-10-19)15-17-12-3-1-2-4-13(12)18-15/h1-4,11H,5-10H2,(H,17,18). The van der Waals surface area contributed by atoms with Gasteiger partial charge in [-0.15, -0.1) is 0 Å². The molecule has 1 amide bonds. The number of piperidine rings is 1. The lowest BCUT2D eigenvalue weighted by molar-refractivity contribution is -0.131. The number of imidazole rings is 1. The molecule has 3 rings (SSSR count). The third-order valence-electron chi connectivity index (χ3n) is 3.95. The van der Waals surface area contributed by atoms with Crippen LogP contribution in [0.1, 0.15) is 31.0 Å². The van der Waals surface area contributed by atoms with E-state index in [0.717, 1.165) is 48.1 Å². The largest absolute Gasteiger partial charge is 0.343 e. The van der Waals surface area contributed by atoms with Crippen molar-refractivity contribution in [3.8, 4) is 0 Å². The highest BCUT2D eigenvalue weighted by atomic mass is 79.9. The molecule has 2 aromatic rings. The van der Waals surface area contributed by atoms with Crippen molar-refractivity contribution in [2.24, 2.45) is 0 Å². The van der Waals surface area contributed by atoms with E-state index in [4.69, 9.17) is 0 Å². The SMILES string of the molecule is O=C(CCBr)N1CCC(c2nc3ccccc3[nH]2)CC1. The topological polar surface area (TPSA) is 49.0 Å². The first-order valence-corrected chi connectivity index (χ1v) is 8.18. The summed E-state index contributed by atoms with van der Waals surface area (Å²) in [7, 11) is 0. The van der Waals surface area contributed by atoms with Crippen LogP contribution in [0, 0.1) is 0 Å². The minimum Gasteiger partial charge on any atom is -0.343 e. The molecule has 5 heteroatoms. The van der Waals surface area contributed by atoms with Crippen LogP contribution in [0.5, 0.6) is 0 Å². The van der Waals surface area contributed by atoms with Crippen LogP contribution in [0.3, 0.4) is 0 Å². The molecule has 0 atom stereocenters. The van der Waals surface area contributed by atoms with Crippen LogP contribution >= 0.6 is 15.9 Å². The molecule has 0 unspecified atom stereocenters. The highest BCUT2D eigenvalue weighted by Crippen LogP contribution is 2.27. The third kappa shape index (κ3) is 2.73. The summed E-state index contributed by atoms with van der Waals surface area (Å²) in [5.41, 5.74) is 2.13. The number of likely N-dealkylation sites (tertiary alicyclic amines) is 1. The predicted octanol–water partition coefficient (Wildman–Crippen LogP) is 3.05. The zero-order valence-electron chi connectivity index (χ0n) is 11.3. The van der Waals surface area contributed by atoms with Gasteiger partial charge in [0.2, 0.25) is 5.91 Å². The molecule has 20 heavy (non-hydrogen) atoms. The number of hydrogen-bond donors (Lipinski definition) is 1. The number of aromatic amines is 1. The van der Waals surface area contributed by atoms with Crippen LogP contribution in [-0.2, 0) is 4.79 Å². The normalized spacial score (nSPS) is 16.8. The highest BCUT2D eigenvalue weighted by molar-refractivity contribution is 9.09. The summed E-state index contributed by atoms with van der Waals surface area (Å²) in [5, 5.41) is 0.745. The number of nitrogens with one attached hydrogen (secondary N) is 1. The van der Waals surface area contributed by atoms with Crippen LogP contribution < -0.4 is 0 Å². The van der Waals surface area contributed by atoms with Gasteiger partial charge in [0.25, 0.3) is 0 Å². The van der Waals surface area contributed by atoms with Crippen molar-refractivity contribution in [2.75, 3.05) is 18.4 Å². The van der Waals surface area contributed by atoms with E-state index in [1.807, 2.05) is 23.1 Å². The van der Waals surface area contributed by atoms with Gasteiger partial charge in [0.1, 0.15) is 5.82 Å². The van der Waals surface area contributed by atoms with Crippen LogP contribution in [0.15, 0.2) is 24.3 Å². The zero-order valence-corrected chi connectivity index (χ0v) is 12.9. The Hall–Kier alpha value is -1.36. The molecule has 2 heterocycles. The molecule has 1 aliphatic rings. The smallest absolute Gasteiger partial charge is 0.223 e. The number of halogens is 1. The molecule has 1 fully saturated rings.